The Morgan fingerprint density at radius 2 is 1.70 bits per heavy atom. The van der Waals surface area contributed by atoms with Crippen LogP contribution >= 0.6 is 0 Å². The molecule has 1 aromatic carbocycles. The molecule has 0 aliphatic carbocycles. The van der Waals surface area contributed by atoms with E-state index in [4.69, 9.17) is 0 Å². The molecule has 0 radical (unpaired) electrons. The molecule has 1 aliphatic rings. The van der Waals surface area contributed by atoms with Gasteiger partial charge in [-0.05, 0) is 43.9 Å². The molecule has 1 heterocycles. The molecule has 0 saturated carbocycles. The molecule has 0 aromatic heterocycles. The van der Waals surface area contributed by atoms with Crippen molar-refractivity contribution in [3.05, 3.63) is 29.3 Å². The predicted octanol–water partition coefficient (Wildman–Crippen LogP) is 5.17. The Bertz CT molecular complexity index is 422. The standard InChI is InChI=1S/C14H20N2O.C4H10.C2H6/c1-11-3-4-12(2)14(9-11)15-13-5-7-16(10-17)8-6-13;1-3-4-2;1-2/h3-4,9-10,13,15H,5-8H2,1-2H3;3-4H2,1-2H3;1-2H3. The van der Waals surface area contributed by atoms with Crippen LogP contribution in [0.2, 0.25) is 0 Å². The molecule has 1 amide bonds. The summed E-state index contributed by atoms with van der Waals surface area (Å²) in [4.78, 5) is 12.5. The summed E-state index contributed by atoms with van der Waals surface area (Å²) in [6, 6.07) is 6.97. The molecule has 1 saturated heterocycles. The molecule has 23 heavy (non-hydrogen) atoms. The molecule has 3 heteroatoms. The number of carbonyl (C=O) groups is 1. The maximum Gasteiger partial charge on any atom is 0.209 e. The van der Waals surface area contributed by atoms with Crippen LogP contribution in [0.4, 0.5) is 5.69 Å². The van der Waals surface area contributed by atoms with Crippen molar-refractivity contribution >= 4 is 12.1 Å². The van der Waals surface area contributed by atoms with Gasteiger partial charge in [-0.15, -0.1) is 0 Å². The van der Waals surface area contributed by atoms with Crippen LogP contribution in [-0.4, -0.2) is 30.4 Å². The number of likely N-dealkylation sites (tertiary alicyclic amines) is 1. The predicted molar refractivity (Wildman–Crippen MR) is 102 cm³/mol. The zero-order valence-corrected chi connectivity index (χ0v) is 16.0. The van der Waals surface area contributed by atoms with E-state index in [0.717, 1.165) is 32.3 Å². The van der Waals surface area contributed by atoms with Gasteiger partial charge in [0.1, 0.15) is 0 Å². The average molecular weight is 321 g/mol. The zero-order chi connectivity index (χ0) is 17.7. The summed E-state index contributed by atoms with van der Waals surface area (Å²) in [5, 5.41) is 3.59. The molecule has 0 bridgehead atoms. The maximum absolute atomic E-state index is 10.6. The molecule has 132 valence electrons. The third kappa shape index (κ3) is 8.63. The second kappa shape index (κ2) is 13.0. The normalized spacial score (nSPS) is 14.1. The number of anilines is 1. The lowest BCUT2D eigenvalue weighted by Gasteiger charge is -2.30. The smallest absolute Gasteiger partial charge is 0.209 e. The lowest BCUT2D eigenvalue weighted by Crippen LogP contribution is -2.38. The lowest BCUT2D eigenvalue weighted by atomic mass is 10.0. The highest BCUT2D eigenvalue weighted by Gasteiger charge is 2.18. The van der Waals surface area contributed by atoms with Gasteiger partial charge >= 0.3 is 0 Å². The third-order valence-electron chi connectivity index (χ3n) is 3.93. The van der Waals surface area contributed by atoms with Crippen molar-refractivity contribution in [2.75, 3.05) is 18.4 Å². The SMILES string of the molecule is CC.CCCC.Cc1ccc(C)c(NC2CCN(C=O)CC2)c1. The first-order valence-electron chi connectivity index (χ1n) is 9.13. The fraction of sp³-hybridized carbons (Fsp3) is 0.650. The Balaban J connectivity index is 0.000000705. The second-order valence-electron chi connectivity index (χ2n) is 5.88. The second-order valence-corrected chi connectivity index (χ2v) is 5.88. The van der Waals surface area contributed by atoms with Gasteiger partial charge in [-0.3, -0.25) is 4.79 Å². The van der Waals surface area contributed by atoms with Gasteiger partial charge in [-0.2, -0.15) is 0 Å². The van der Waals surface area contributed by atoms with Crippen molar-refractivity contribution in [1.29, 1.82) is 0 Å². The number of piperidine rings is 1. The Kier molecular flexibility index (Phi) is 12.1. The van der Waals surface area contributed by atoms with Crippen LogP contribution in [0.3, 0.4) is 0 Å². The summed E-state index contributed by atoms with van der Waals surface area (Å²) < 4.78 is 0. The van der Waals surface area contributed by atoms with Gasteiger partial charge in [0.05, 0.1) is 0 Å². The molecule has 1 aliphatic heterocycles. The van der Waals surface area contributed by atoms with Crippen LogP contribution in [0.15, 0.2) is 18.2 Å². The molecular weight excluding hydrogens is 284 g/mol. The molecule has 1 aromatic rings. The zero-order valence-electron chi connectivity index (χ0n) is 16.0. The summed E-state index contributed by atoms with van der Waals surface area (Å²) in [5.74, 6) is 0. The number of nitrogens with one attached hydrogen (secondary N) is 1. The topological polar surface area (TPSA) is 32.3 Å². The quantitative estimate of drug-likeness (QED) is 0.776. The van der Waals surface area contributed by atoms with Crippen molar-refractivity contribution < 1.29 is 4.79 Å². The van der Waals surface area contributed by atoms with E-state index < -0.39 is 0 Å². The van der Waals surface area contributed by atoms with E-state index in [1.807, 2.05) is 18.7 Å². The summed E-state index contributed by atoms with van der Waals surface area (Å²) in [6.45, 7) is 14.3. The van der Waals surface area contributed by atoms with Gasteiger partial charge in [0, 0.05) is 24.8 Å². The number of hydrogen-bond acceptors (Lipinski definition) is 2. The Morgan fingerprint density at radius 3 is 2.17 bits per heavy atom. The molecule has 2 rings (SSSR count). The number of carbonyl (C=O) groups excluding carboxylic acids is 1. The molecular formula is C20H36N2O. The Hall–Kier alpha value is -1.51. The summed E-state index contributed by atoms with van der Waals surface area (Å²) in [7, 11) is 0. The minimum absolute atomic E-state index is 0.492. The first-order valence-corrected chi connectivity index (χ1v) is 9.13. The molecule has 1 fully saturated rings. The monoisotopic (exact) mass is 320 g/mol. The van der Waals surface area contributed by atoms with Gasteiger partial charge in [-0.1, -0.05) is 52.7 Å². The fourth-order valence-corrected chi connectivity index (χ4v) is 2.26. The molecule has 1 N–H and O–H groups in total. The van der Waals surface area contributed by atoms with Crippen molar-refractivity contribution in [3.8, 4) is 0 Å². The van der Waals surface area contributed by atoms with Gasteiger partial charge in [0.2, 0.25) is 6.41 Å². The van der Waals surface area contributed by atoms with Crippen LogP contribution in [-0.2, 0) is 4.79 Å². The minimum atomic E-state index is 0.492. The summed E-state index contributed by atoms with van der Waals surface area (Å²) in [5.41, 5.74) is 3.80. The van der Waals surface area contributed by atoms with Gasteiger partial charge in [0.15, 0.2) is 0 Å². The van der Waals surface area contributed by atoms with Crippen LogP contribution in [0.5, 0.6) is 0 Å². The molecule has 0 spiro atoms. The van der Waals surface area contributed by atoms with Crippen molar-refractivity contribution in [2.45, 2.75) is 73.3 Å². The van der Waals surface area contributed by atoms with Crippen molar-refractivity contribution in [1.82, 2.24) is 4.90 Å². The fourth-order valence-electron chi connectivity index (χ4n) is 2.26. The van der Waals surface area contributed by atoms with Gasteiger partial charge < -0.3 is 10.2 Å². The van der Waals surface area contributed by atoms with E-state index in [1.165, 1.54) is 29.7 Å². The first kappa shape index (κ1) is 21.5. The average Bonchev–Trinajstić information content (AvgIpc) is 2.61. The summed E-state index contributed by atoms with van der Waals surface area (Å²) >= 11 is 0. The van der Waals surface area contributed by atoms with E-state index in [2.05, 4.69) is 51.2 Å². The number of rotatable bonds is 4. The minimum Gasteiger partial charge on any atom is -0.382 e. The molecule has 0 atom stereocenters. The van der Waals surface area contributed by atoms with Crippen molar-refractivity contribution in [2.24, 2.45) is 0 Å². The van der Waals surface area contributed by atoms with Crippen LogP contribution in [0.25, 0.3) is 0 Å². The van der Waals surface area contributed by atoms with Gasteiger partial charge in [0.25, 0.3) is 0 Å². The Morgan fingerprint density at radius 1 is 1.13 bits per heavy atom. The van der Waals surface area contributed by atoms with E-state index >= 15 is 0 Å². The van der Waals surface area contributed by atoms with Gasteiger partial charge in [-0.25, -0.2) is 0 Å². The number of nitrogens with zero attached hydrogens (tertiary/aromatic N) is 1. The van der Waals surface area contributed by atoms with E-state index in [9.17, 15) is 4.79 Å². The number of unbranched alkanes of at least 4 members (excludes halogenated alkanes) is 1. The first-order chi connectivity index (χ1) is 11.1. The third-order valence-corrected chi connectivity index (χ3v) is 3.93. The molecule has 3 nitrogen and oxygen atoms in total. The number of amides is 1. The lowest BCUT2D eigenvalue weighted by molar-refractivity contribution is -0.118. The summed E-state index contributed by atoms with van der Waals surface area (Å²) in [6.07, 6.45) is 5.66. The highest BCUT2D eigenvalue weighted by atomic mass is 16.1. The van der Waals surface area contributed by atoms with Crippen molar-refractivity contribution in [3.63, 3.8) is 0 Å². The number of benzene rings is 1. The Labute approximate surface area is 143 Å². The number of hydrogen-bond donors (Lipinski definition) is 1. The highest BCUT2D eigenvalue weighted by Crippen LogP contribution is 2.20. The van der Waals surface area contributed by atoms with E-state index in [-0.39, 0.29) is 0 Å². The van der Waals surface area contributed by atoms with Crippen LogP contribution < -0.4 is 5.32 Å². The maximum atomic E-state index is 10.6. The number of aryl methyl sites for hydroxylation is 2. The molecule has 0 unspecified atom stereocenters. The highest BCUT2D eigenvalue weighted by molar-refractivity contribution is 5.53. The largest absolute Gasteiger partial charge is 0.382 e. The van der Waals surface area contributed by atoms with Crippen LogP contribution in [0.1, 0.15) is 64.5 Å². The van der Waals surface area contributed by atoms with E-state index in [0.29, 0.717) is 6.04 Å². The van der Waals surface area contributed by atoms with Crippen LogP contribution in [0, 0.1) is 13.8 Å². The van der Waals surface area contributed by atoms with E-state index in [1.54, 1.807) is 0 Å².